The zero-order valence-corrected chi connectivity index (χ0v) is 18.7. The molecule has 1 aromatic carbocycles. The van der Waals surface area contributed by atoms with Gasteiger partial charge >= 0.3 is 12.1 Å². The number of piperidine rings is 1. The second-order valence-corrected chi connectivity index (χ2v) is 8.34. The van der Waals surface area contributed by atoms with Crippen molar-refractivity contribution in [1.82, 2.24) is 15.4 Å². The van der Waals surface area contributed by atoms with E-state index >= 15 is 0 Å². The Kier molecular flexibility index (Phi) is 9.08. The van der Waals surface area contributed by atoms with Gasteiger partial charge in [0.05, 0.1) is 12.6 Å². The van der Waals surface area contributed by atoms with Crippen molar-refractivity contribution in [3.63, 3.8) is 0 Å². The molecule has 0 radical (unpaired) electrons. The summed E-state index contributed by atoms with van der Waals surface area (Å²) >= 11 is 0. The van der Waals surface area contributed by atoms with Crippen molar-refractivity contribution >= 4 is 12.1 Å². The molecule has 168 valence electrons. The standard InChI is InChI=1S/C22H35N3O5/c1-6-24(7-2)30-20(26)19-14-13-18(15-25(19)21(27)29-22(3,4)5)23-28-16-17-11-9-8-10-12-17/h8-12,18-19,23H,6-7,13-16H2,1-5H3/t18-,19+/m1/s1. The number of likely N-dealkylation sites (tertiary alicyclic amines) is 1. The van der Waals surface area contributed by atoms with E-state index in [0.29, 0.717) is 39.1 Å². The van der Waals surface area contributed by atoms with Crippen molar-refractivity contribution in [2.45, 2.75) is 71.8 Å². The summed E-state index contributed by atoms with van der Waals surface area (Å²) in [4.78, 5) is 38.1. The zero-order chi connectivity index (χ0) is 22.1. The van der Waals surface area contributed by atoms with Crippen LogP contribution in [-0.4, -0.2) is 59.3 Å². The van der Waals surface area contributed by atoms with E-state index in [2.05, 4.69) is 5.48 Å². The maximum Gasteiger partial charge on any atom is 0.411 e. The molecule has 1 heterocycles. The highest BCUT2D eigenvalue weighted by atomic mass is 16.7. The van der Waals surface area contributed by atoms with Crippen LogP contribution in [0.5, 0.6) is 0 Å². The lowest BCUT2D eigenvalue weighted by Gasteiger charge is -2.39. The van der Waals surface area contributed by atoms with Crippen LogP contribution in [-0.2, 0) is 25.8 Å². The Bertz CT molecular complexity index is 673. The molecule has 0 bridgehead atoms. The highest BCUT2D eigenvalue weighted by Crippen LogP contribution is 2.22. The third kappa shape index (κ3) is 7.59. The maximum atomic E-state index is 12.8. The quantitative estimate of drug-likeness (QED) is 0.645. The van der Waals surface area contributed by atoms with Crippen LogP contribution in [0, 0.1) is 0 Å². The number of hydrogen-bond acceptors (Lipinski definition) is 7. The maximum absolute atomic E-state index is 12.8. The average molecular weight is 422 g/mol. The molecule has 2 rings (SSSR count). The second kappa shape index (κ2) is 11.3. The summed E-state index contributed by atoms with van der Waals surface area (Å²) < 4.78 is 5.53. The van der Waals surface area contributed by atoms with E-state index in [1.807, 2.05) is 44.2 Å². The minimum absolute atomic E-state index is 0.112. The topological polar surface area (TPSA) is 80.3 Å². The second-order valence-electron chi connectivity index (χ2n) is 8.34. The molecule has 1 amide bonds. The first-order valence-electron chi connectivity index (χ1n) is 10.6. The van der Waals surface area contributed by atoms with Crippen LogP contribution in [0.1, 0.15) is 53.0 Å². The smallest absolute Gasteiger partial charge is 0.411 e. The Balaban J connectivity index is 2.00. The number of hydrogen-bond donors (Lipinski definition) is 1. The molecule has 0 spiro atoms. The van der Waals surface area contributed by atoms with E-state index in [0.717, 1.165) is 5.56 Å². The Morgan fingerprint density at radius 2 is 1.80 bits per heavy atom. The first-order valence-corrected chi connectivity index (χ1v) is 10.6. The number of ether oxygens (including phenoxy) is 1. The van der Waals surface area contributed by atoms with Gasteiger partial charge in [-0.15, -0.1) is 5.06 Å². The van der Waals surface area contributed by atoms with Crippen molar-refractivity contribution in [2.24, 2.45) is 0 Å². The van der Waals surface area contributed by atoms with Crippen molar-refractivity contribution in [2.75, 3.05) is 19.6 Å². The van der Waals surface area contributed by atoms with Crippen molar-refractivity contribution in [1.29, 1.82) is 0 Å². The lowest BCUT2D eigenvalue weighted by atomic mass is 9.99. The van der Waals surface area contributed by atoms with Gasteiger partial charge in [0, 0.05) is 19.6 Å². The van der Waals surface area contributed by atoms with E-state index in [1.54, 1.807) is 25.8 Å². The Morgan fingerprint density at radius 3 is 2.40 bits per heavy atom. The van der Waals surface area contributed by atoms with Gasteiger partial charge in [0.1, 0.15) is 11.6 Å². The Hall–Kier alpha value is -2.16. The Labute approximate surface area is 179 Å². The number of carbonyl (C=O) groups excluding carboxylic acids is 2. The van der Waals surface area contributed by atoms with Gasteiger partial charge in [-0.2, -0.15) is 5.48 Å². The van der Waals surface area contributed by atoms with Crippen LogP contribution in [0.4, 0.5) is 4.79 Å². The summed E-state index contributed by atoms with van der Waals surface area (Å²) in [6, 6.07) is 9.02. The molecule has 1 aromatic rings. The number of carbonyl (C=O) groups is 2. The van der Waals surface area contributed by atoms with Gasteiger partial charge < -0.3 is 9.57 Å². The molecule has 1 aliphatic rings. The average Bonchev–Trinajstić information content (AvgIpc) is 2.71. The molecule has 1 aliphatic heterocycles. The molecular weight excluding hydrogens is 386 g/mol. The number of nitrogens with one attached hydrogen (secondary N) is 1. The number of hydroxylamine groups is 3. The molecule has 1 fully saturated rings. The van der Waals surface area contributed by atoms with E-state index in [-0.39, 0.29) is 6.04 Å². The normalized spacial score (nSPS) is 19.6. The van der Waals surface area contributed by atoms with Gasteiger partial charge in [0.25, 0.3) is 0 Å². The fraction of sp³-hybridized carbons (Fsp3) is 0.636. The number of amides is 1. The van der Waals surface area contributed by atoms with Crippen molar-refractivity contribution in [3.05, 3.63) is 35.9 Å². The zero-order valence-electron chi connectivity index (χ0n) is 18.7. The van der Waals surface area contributed by atoms with Gasteiger partial charge in [-0.3, -0.25) is 9.74 Å². The molecule has 30 heavy (non-hydrogen) atoms. The third-order valence-corrected chi connectivity index (χ3v) is 4.74. The molecule has 1 N–H and O–H groups in total. The van der Waals surface area contributed by atoms with E-state index < -0.39 is 23.7 Å². The first kappa shape index (κ1) is 24.1. The molecule has 0 aromatic heterocycles. The van der Waals surface area contributed by atoms with E-state index in [9.17, 15) is 9.59 Å². The molecule has 8 heteroatoms. The summed E-state index contributed by atoms with van der Waals surface area (Å²) in [7, 11) is 0. The van der Waals surface area contributed by atoms with Crippen LogP contribution in [0.3, 0.4) is 0 Å². The molecule has 0 aliphatic carbocycles. The highest BCUT2D eigenvalue weighted by Gasteiger charge is 2.39. The summed E-state index contributed by atoms with van der Waals surface area (Å²) in [5.41, 5.74) is 3.42. The van der Waals surface area contributed by atoms with Gasteiger partial charge in [0.15, 0.2) is 0 Å². The van der Waals surface area contributed by atoms with Crippen LogP contribution < -0.4 is 5.48 Å². The molecule has 0 saturated carbocycles. The summed E-state index contributed by atoms with van der Waals surface area (Å²) in [5, 5.41) is 1.57. The largest absolute Gasteiger partial charge is 0.444 e. The Morgan fingerprint density at radius 1 is 1.13 bits per heavy atom. The molecule has 1 saturated heterocycles. The minimum atomic E-state index is -0.687. The highest BCUT2D eigenvalue weighted by molar-refractivity contribution is 5.81. The first-order chi connectivity index (χ1) is 14.2. The van der Waals surface area contributed by atoms with Crippen molar-refractivity contribution < 1.29 is 24.0 Å². The van der Waals surface area contributed by atoms with E-state index in [1.165, 1.54) is 4.90 Å². The van der Waals surface area contributed by atoms with Crippen LogP contribution in [0.2, 0.25) is 0 Å². The predicted octanol–water partition coefficient (Wildman–Crippen LogP) is 3.28. The van der Waals surface area contributed by atoms with Crippen molar-refractivity contribution in [3.8, 4) is 0 Å². The van der Waals surface area contributed by atoms with Crippen LogP contribution in [0.25, 0.3) is 0 Å². The van der Waals surface area contributed by atoms with Crippen LogP contribution >= 0.6 is 0 Å². The van der Waals surface area contributed by atoms with E-state index in [4.69, 9.17) is 14.4 Å². The van der Waals surface area contributed by atoms with Gasteiger partial charge in [-0.1, -0.05) is 30.3 Å². The van der Waals surface area contributed by atoms with Gasteiger partial charge in [-0.05, 0) is 53.0 Å². The number of nitrogens with zero attached hydrogens (tertiary/aromatic N) is 2. The summed E-state index contributed by atoms with van der Waals surface area (Å²) in [5.74, 6) is -0.437. The number of benzene rings is 1. The fourth-order valence-corrected chi connectivity index (χ4v) is 3.19. The van der Waals surface area contributed by atoms with Gasteiger partial charge in [0.2, 0.25) is 0 Å². The fourth-order valence-electron chi connectivity index (χ4n) is 3.19. The predicted molar refractivity (Wildman–Crippen MR) is 113 cm³/mol. The molecule has 2 atom stereocenters. The SMILES string of the molecule is CCN(CC)OC(=O)[C@@H]1CC[C@@H](NOCc2ccccc2)CN1C(=O)OC(C)(C)C. The number of rotatable bonds is 8. The molecule has 0 unspecified atom stereocenters. The van der Waals surface area contributed by atoms with Crippen LogP contribution in [0.15, 0.2) is 30.3 Å². The lowest BCUT2D eigenvalue weighted by molar-refractivity contribution is -0.196. The third-order valence-electron chi connectivity index (χ3n) is 4.74. The molecule has 8 nitrogen and oxygen atoms in total. The lowest BCUT2D eigenvalue weighted by Crippen LogP contribution is -2.57. The summed E-state index contributed by atoms with van der Waals surface area (Å²) in [6.45, 7) is 11.1. The molecular formula is C22H35N3O5. The minimum Gasteiger partial charge on any atom is -0.444 e. The monoisotopic (exact) mass is 421 g/mol. The summed E-state index contributed by atoms with van der Waals surface area (Å²) in [6.07, 6.45) is 0.608. The van der Waals surface area contributed by atoms with Gasteiger partial charge in [-0.25, -0.2) is 9.59 Å².